The number of hydrogen-bond donors (Lipinski definition) is 0. The second-order valence-electron chi connectivity index (χ2n) is 6.27. The Balaban J connectivity index is 1.78. The average Bonchev–Trinajstić information content (AvgIpc) is 2.55. The minimum Gasteiger partial charge on any atom is -0.293 e. The highest BCUT2D eigenvalue weighted by atomic mass is 14.7. The SMILES string of the molecule is c1ccc(C/C2=N/CCCCCC2Cc2ccccc2)cc1. The first-order valence-electron chi connectivity index (χ1n) is 8.53. The smallest absolute Gasteiger partial charge is 0.0388 e. The Morgan fingerprint density at radius 1 is 0.773 bits per heavy atom. The lowest BCUT2D eigenvalue weighted by Crippen LogP contribution is -2.22. The average molecular weight is 291 g/mol. The Labute approximate surface area is 134 Å². The van der Waals surface area contributed by atoms with Crippen LogP contribution in [-0.2, 0) is 12.8 Å². The summed E-state index contributed by atoms with van der Waals surface area (Å²) in [4.78, 5) is 4.97. The molecular weight excluding hydrogens is 266 g/mol. The van der Waals surface area contributed by atoms with Crippen LogP contribution in [0.1, 0.15) is 36.8 Å². The van der Waals surface area contributed by atoms with Crippen molar-refractivity contribution in [1.29, 1.82) is 0 Å². The lowest BCUT2D eigenvalue weighted by Gasteiger charge is -2.22. The van der Waals surface area contributed by atoms with Gasteiger partial charge in [-0.3, -0.25) is 4.99 Å². The van der Waals surface area contributed by atoms with Gasteiger partial charge in [0.1, 0.15) is 0 Å². The van der Waals surface area contributed by atoms with Crippen molar-refractivity contribution in [2.24, 2.45) is 10.9 Å². The van der Waals surface area contributed by atoms with Crippen LogP contribution >= 0.6 is 0 Å². The molecule has 0 aliphatic carbocycles. The quantitative estimate of drug-likeness (QED) is 0.743. The molecule has 1 atom stereocenters. The number of benzene rings is 2. The Morgan fingerprint density at radius 2 is 1.45 bits per heavy atom. The molecule has 3 rings (SSSR count). The van der Waals surface area contributed by atoms with E-state index in [1.165, 1.54) is 42.5 Å². The molecule has 0 saturated heterocycles. The predicted octanol–water partition coefficient (Wildman–Crippen LogP) is 5.10. The van der Waals surface area contributed by atoms with E-state index in [2.05, 4.69) is 60.7 Å². The molecule has 1 heteroatoms. The van der Waals surface area contributed by atoms with Crippen LogP contribution in [0.15, 0.2) is 65.7 Å². The molecule has 2 aromatic carbocycles. The Hall–Kier alpha value is -1.89. The molecule has 2 aromatic rings. The maximum atomic E-state index is 4.97. The maximum absolute atomic E-state index is 4.97. The predicted molar refractivity (Wildman–Crippen MR) is 94.6 cm³/mol. The normalized spacial score (nSPS) is 21.5. The zero-order valence-corrected chi connectivity index (χ0v) is 13.2. The van der Waals surface area contributed by atoms with E-state index in [9.17, 15) is 0 Å². The lowest BCUT2D eigenvalue weighted by molar-refractivity contribution is 0.534. The summed E-state index contributed by atoms with van der Waals surface area (Å²) in [6.45, 7) is 1.01. The number of nitrogens with zero attached hydrogens (tertiary/aromatic N) is 1. The highest BCUT2D eigenvalue weighted by Crippen LogP contribution is 2.22. The first-order valence-corrected chi connectivity index (χ1v) is 8.53. The molecule has 0 radical (unpaired) electrons. The monoisotopic (exact) mass is 291 g/mol. The summed E-state index contributed by atoms with van der Waals surface area (Å²) in [5.74, 6) is 0.600. The van der Waals surface area contributed by atoms with Crippen molar-refractivity contribution in [1.82, 2.24) is 0 Å². The Morgan fingerprint density at radius 3 is 2.18 bits per heavy atom. The highest BCUT2D eigenvalue weighted by molar-refractivity contribution is 5.89. The van der Waals surface area contributed by atoms with E-state index >= 15 is 0 Å². The third-order valence-corrected chi connectivity index (χ3v) is 4.55. The van der Waals surface area contributed by atoms with Gasteiger partial charge in [0.05, 0.1) is 0 Å². The lowest BCUT2D eigenvalue weighted by atomic mass is 9.86. The van der Waals surface area contributed by atoms with Crippen LogP contribution in [-0.4, -0.2) is 12.3 Å². The van der Waals surface area contributed by atoms with E-state index in [1.807, 2.05) is 0 Å². The molecule has 114 valence electrons. The minimum atomic E-state index is 0.600. The summed E-state index contributed by atoms with van der Waals surface area (Å²) in [7, 11) is 0. The van der Waals surface area contributed by atoms with Gasteiger partial charge in [-0.2, -0.15) is 0 Å². The van der Waals surface area contributed by atoms with E-state index in [4.69, 9.17) is 4.99 Å². The van der Waals surface area contributed by atoms with Gasteiger partial charge >= 0.3 is 0 Å². The minimum absolute atomic E-state index is 0.600. The number of hydrogen-bond acceptors (Lipinski definition) is 1. The molecule has 0 saturated carbocycles. The van der Waals surface area contributed by atoms with Crippen molar-refractivity contribution in [2.45, 2.75) is 38.5 Å². The molecular formula is C21H25N. The molecule has 0 N–H and O–H groups in total. The molecule has 1 aliphatic rings. The fourth-order valence-corrected chi connectivity index (χ4v) is 3.32. The van der Waals surface area contributed by atoms with Crippen molar-refractivity contribution >= 4 is 5.71 Å². The van der Waals surface area contributed by atoms with Gasteiger partial charge in [-0.1, -0.05) is 73.5 Å². The highest BCUT2D eigenvalue weighted by Gasteiger charge is 2.18. The molecule has 0 amide bonds. The number of rotatable bonds is 4. The van der Waals surface area contributed by atoms with Crippen LogP contribution in [0.4, 0.5) is 0 Å². The molecule has 0 fully saturated rings. The zero-order valence-electron chi connectivity index (χ0n) is 13.2. The summed E-state index contributed by atoms with van der Waals surface area (Å²) >= 11 is 0. The Bertz CT molecular complexity index is 586. The Kier molecular flexibility index (Phi) is 5.42. The molecule has 1 unspecified atom stereocenters. The van der Waals surface area contributed by atoms with Gasteiger partial charge in [-0.15, -0.1) is 0 Å². The second kappa shape index (κ2) is 7.93. The van der Waals surface area contributed by atoms with Crippen LogP contribution in [0, 0.1) is 5.92 Å². The van der Waals surface area contributed by atoms with E-state index < -0.39 is 0 Å². The number of aliphatic imine (C=N–C) groups is 1. The third kappa shape index (κ3) is 4.30. The summed E-state index contributed by atoms with van der Waals surface area (Å²) in [5.41, 5.74) is 4.24. The summed E-state index contributed by atoms with van der Waals surface area (Å²) < 4.78 is 0. The molecule has 22 heavy (non-hydrogen) atoms. The second-order valence-corrected chi connectivity index (χ2v) is 6.27. The van der Waals surface area contributed by atoms with Gasteiger partial charge in [0.2, 0.25) is 0 Å². The van der Waals surface area contributed by atoms with E-state index in [-0.39, 0.29) is 0 Å². The summed E-state index contributed by atoms with van der Waals surface area (Å²) in [5, 5.41) is 0. The van der Waals surface area contributed by atoms with E-state index in [1.54, 1.807) is 0 Å². The largest absolute Gasteiger partial charge is 0.293 e. The van der Waals surface area contributed by atoms with Crippen LogP contribution < -0.4 is 0 Å². The van der Waals surface area contributed by atoms with Gasteiger partial charge in [0, 0.05) is 24.6 Å². The topological polar surface area (TPSA) is 12.4 Å². The molecule has 1 aliphatic heterocycles. The van der Waals surface area contributed by atoms with Crippen molar-refractivity contribution in [3.05, 3.63) is 71.8 Å². The van der Waals surface area contributed by atoms with Gasteiger partial charge in [0.15, 0.2) is 0 Å². The van der Waals surface area contributed by atoms with Gasteiger partial charge < -0.3 is 0 Å². The van der Waals surface area contributed by atoms with Crippen molar-refractivity contribution in [3.8, 4) is 0 Å². The zero-order chi connectivity index (χ0) is 15.0. The molecule has 0 aromatic heterocycles. The van der Waals surface area contributed by atoms with Crippen molar-refractivity contribution in [2.75, 3.05) is 6.54 Å². The summed E-state index contributed by atoms with van der Waals surface area (Å²) in [6.07, 6.45) is 7.33. The molecule has 1 heterocycles. The van der Waals surface area contributed by atoms with Gasteiger partial charge in [0.25, 0.3) is 0 Å². The third-order valence-electron chi connectivity index (χ3n) is 4.55. The summed E-state index contributed by atoms with van der Waals surface area (Å²) in [6, 6.07) is 21.7. The van der Waals surface area contributed by atoms with Gasteiger partial charge in [-0.05, 0) is 30.4 Å². The van der Waals surface area contributed by atoms with Crippen molar-refractivity contribution in [3.63, 3.8) is 0 Å². The van der Waals surface area contributed by atoms with Gasteiger partial charge in [-0.25, -0.2) is 0 Å². The van der Waals surface area contributed by atoms with E-state index in [0.29, 0.717) is 5.92 Å². The fourth-order valence-electron chi connectivity index (χ4n) is 3.32. The standard InChI is InChI=1S/C21H25N/c1-4-10-18(11-5-1)16-20-14-8-3-9-15-22-21(20)17-19-12-6-2-7-13-19/h1-2,4-7,10-13,20H,3,8-9,14-17H2/b22-21-. The first kappa shape index (κ1) is 15.0. The maximum Gasteiger partial charge on any atom is 0.0388 e. The van der Waals surface area contributed by atoms with Crippen LogP contribution in [0.2, 0.25) is 0 Å². The van der Waals surface area contributed by atoms with Crippen LogP contribution in [0.3, 0.4) is 0 Å². The molecule has 1 nitrogen and oxygen atoms in total. The molecule has 0 spiro atoms. The molecule has 0 bridgehead atoms. The fraction of sp³-hybridized carbons (Fsp3) is 0.381. The van der Waals surface area contributed by atoms with E-state index in [0.717, 1.165) is 19.4 Å². The van der Waals surface area contributed by atoms with Crippen molar-refractivity contribution < 1.29 is 0 Å². The first-order chi connectivity index (χ1) is 10.9. The van der Waals surface area contributed by atoms with Crippen LogP contribution in [0.5, 0.6) is 0 Å². The van der Waals surface area contributed by atoms with Crippen LogP contribution in [0.25, 0.3) is 0 Å².